The van der Waals surface area contributed by atoms with E-state index in [0.717, 1.165) is 5.76 Å². The van der Waals surface area contributed by atoms with E-state index < -0.39 is 11.2 Å². The number of carbonyl (C=O) groups is 2. The number of nitrogens with two attached hydrogens (primary N) is 1. The molecule has 0 saturated carbocycles. The van der Waals surface area contributed by atoms with Crippen LogP contribution >= 0.6 is 11.8 Å². The minimum atomic E-state index is -0.423. The molecule has 0 unspecified atom stereocenters. The maximum absolute atomic E-state index is 11.8. The zero-order chi connectivity index (χ0) is 17.5. The van der Waals surface area contributed by atoms with Gasteiger partial charge in [0, 0.05) is 12.8 Å². The van der Waals surface area contributed by atoms with Crippen molar-refractivity contribution in [3.05, 3.63) is 30.0 Å². The van der Waals surface area contributed by atoms with Crippen LogP contribution in [0.1, 0.15) is 31.9 Å². The smallest absolute Gasteiger partial charge is 0.319 e. The zero-order valence-corrected chi connectivity index (χ0v) is 14.4. The lowest BCUT2D eigenvalue weighted by Crippen LogP contribution is -2.18. The van der Waals surface area contributed by atoms with Crippen molar-refractivity contribution in [3.63, 3.8) is 0 Å². The average Bonchev–Trinajstić information content (AvgIpc) is 3.17. The largest absolute Gasteiger partial charge is 0.467 e. The van der Waals surface area contributed by atoms with E-state index >= 15 is 0 Å². The molecule has 0 bridgehead atoms. The second-order valence-corrected chi connectivity index (χ2v) is 6.35. The number of aromatic nitrogens is 3. The van der Waals surface area contributed by atoms with E-state index in [1.165, 1.54) is 11.8 Å². The van der Waals surface area contributed by atoms with Crippen LogP contribution in [-0.2, 0) is 27.3 Å². The fraction of sp³-hybridized carbons (Fsp3) is 0.467. The molecule has 0 aromatic carbocycles. The van der Waals surface area contributed by atoms with Gasteiger partial charge >= 0.3 is 5.97 Å². The van der Waals surface area contributed by atoms with Crippen molar-refractivity contribution in [2.45, 2.75) is 43.6 Å². The summed E-state index contributed by atoms with van der Waals surface area (Å²) in [6, 6.07) is 3.62. The Labute approximate surface area is 143 Å². The van der Waals surface area contributed by atoms with Gasteiger partial charge in [-0.3, -0.25) is 14.2 Å². The van der Waals surface area contributed by atoms with Crippen LogP contribution in [0.5, 0.6) is 0 Å². The molecule has 0 spiro atoms. The van der Waals surface area contributed by atoms with Crippen molar-refractivity contribution in [2.75, 3.05) is 6.61 Å². The molecule has 1 amide bonds. The first-order valence-electron chi connectivity index (χ1n) is 7.57. The second kappa shape index (κ2) is 8.53. The van der Waals surface area contributed by atoms with Gasteiger partial charge in [0.05, 0.1) is 19.4 Å². The number of rotatable bonds is 9. The van der Waals surface area contributed by atoms with Gasteiger partial charge in [0.1, 0.15) is 16.8 Å². The van der Waals surface area contributed by atoms with Crippen molar-refractivity contribution < 1.29 is 18.7 Å². The third-order valence-electron chi connectivity index (χ3n) is 3.18. The molecule has 2 N–H and O–H groups in total. The molecular weight excluding hydrogens is 332 g/mol. The fourth-order valence-electron chi connectivity index (χ4n) is 2.01. The maximum atomic E-state index is 11.8. The van der Waals surface area contributed by atoms with Gasteiger partial charge in [-0.2, -0.15) is 0 Å². The van der Waals surface area contributed by atoms with Crippen LogP contribution in [0, 0.1) is 0 Å². The summed E-state index contributed by atoms with van der Waals surface area (Å²) in [5.74, 6) is 0.620. The zero-order valence-electron chi connectivity index (χ0n) is 13.6. The van der Waals surface area contributed by atoms with E-state index in [2.05, 4.69) is 10.2 Å². The lowest BCUT2D eigenvalue weighted by Gasteiger charge is -2.12. The van der Waals surface area contributed by atoms with Gasteiger partial charge in [-0.25, -0.2) is 0 Å². The molecule has 8 nitrogen and oxygen atoms in total. The Morgan fingerprint density at radius 1 is 1.46 bits per heavy atom. The van der Waals surface area contributed by atoms with Gasteiger partial charge < -0.3 is 14.9 Å². The predicted molar refractivity (Wildman–Crippen MR) is 87.3 cm³/mol. The minimum Gasteiger partial charge on any atom is -0.467 e. The van der Waals surface area contributed by atoms with Crippen molar-refractivity contribution >= 4 is 23.6 Å². The summed E-state index contributed by atoms with van der Waals surface area (Å²) in [5.41, 5.74) is 5.21. The highest BCUT2D eigenvalue weighted by Gasteiger charge is 2.21. The van der Waals surface area contributed by atoms with Gasteiger partial charge in [-0.15, -0.1) is 10.2 Å². The van der Waals surface area contributed by atoms with Crippen LogP contribution in [0.2, 0.25) is 0 Å². The summed E-state index contributed by atoms with van der Waals surface area (Å²) in [5, 5.41) is 8.39. The lowest BCUT2D eigenvalue weighted by atomic mass is 10.3. The maximum Gasteiger partial charge on any atom is 0.319 e. The molecule has 1 atom stereocenters. The van der Waals surface area contributed by atoms with Crippen LogP contribution in [0.15, 0.2) is 28.0 Å². The molecule has 2 rings (SSSR count). The number of nitrogens with zero attached hydrogens (tertiary/aromatic N) is 3. The van der Waals surface area contributed by atoms with E-state index in [1.54, 1.807) is 26.2 Å². The Morgan fingerprint density at radius 3 is 2.88 bits per heavy atom. The summed E-state index contributed by atoms with van der Waals surface area (Å²) in [6.45, 7) is 4.24. The van der Waals surface area contributed by atoms with Crippen molar-refractivity contribution in [1.82, 2.24) is 14.8 Å². The molecule has 24 heavy (non-hydrogen) atoms. The number of thioether (sulfide) groups is 1. The first-order chi connectivity index (χ1) is 11.5. The second-order valence-electron chi connectivity index (χ2n) is 5.04. The Morgan fingerprint density at radius 2 is 2.25 bits per heavy atom. The van der Waals surface area contributed by atoms with Crippen LogP contribution in [0.25, 0.3) is 0 Å². The molecule has 0 aliphatic heterocycles. The molecule has 2 aromatic rings. The minimum absolute atomic E-state index is 0.175. The number of esters is 1. The van der Waals surface area contributed by atoms with Crippen LogP contribution in [0.4, 0.5) is 0 Å². The first-order valence-corrected chi connectivity index (χ1v) is 8.45. The number of hydrogen-bond acceptors (Lipinski definition) is 7. The molecule has 0 radical (unpaired) electrons. The number of aryl methyl sites for hydroxylation is 1. The number of hydrogen-bond donors (Lipinski definition) is 1. The molecule has 0 fully saturated rings. The summed E-state index contributed by atoms with van der Waals surface area (Å²) in [6.07, 6.45) is 2.13. The number of carbonyl (C=O) groups excluding carboxylic acids is 2. The highest BCUT2D eigenvalue weighted by molar-refractivity contribution is 8.00. The standard InChI is InChI=1S/C15H20N4O4S/c1-3-22-14(21)10(2)24-15-18-17-13(7-6-12(16)20)19(15)9-11-5-4-8-23-11/h4-5,8,10H,3,6-7,9H2,1-2H3,(H2,16,20)/t10-/m0/s1. The highest BCUT2D eigenvalue weighted by atomic mass is 32.2. The van der Waals surface area contributed by atoms with Crippen LogP contribution in [0.3, 0.4) is 0 Å². The third kappa shape index (κ3) is 4.85. The SMILES string of the molecule is CCOC(=O)[C@H](C)Sc1nnc(CCC(N)=O)n1Cc1ccco1. The van der Waals surface area contributed by atoms with Gasteiger partial charge in [-0.1, -0.05) is 11.8 Å². The van der Waals surface area contributed by atoms with Crippen molar-refractivity contribution in [1.29, 1.82) is 0 Å². The summed E-state index contributed by atoms with van der Waals surface area (Å²) in [4.78, 5) is 22.8. The van der Waals surface area contributed by atoms with Crippen LogP contribution in [-0.4, -0.2) is 38.5 Å². The van der Waals surface area contributed by atoms with Gasteiger partial charge in [0.2, 0.25) is 5.91 Å². The molecule has 9 heteroatoms. The van der Waals surface area contributed by atoms with Crippen LogP contribution < -0.4 is 5.73 Å². The lowest BCUT2D eigenvalue weighted by molar-refractivity contribution is -0.142. The molecular formula is C15H20N4O4S. The molecule has 2 aromatic heterocycles. The van der Waals surface area contributed by atoms with E-state index in [4.69, 9.17) is 14.9 Å². The summed E-state index contributed by atoms with van der Waals surface area (Å²) < 4.78 is 12.2. The average molecular weight is 352 g/mol. The van der Waals surface area contributed by atoms with Crippen molar-refractivity contribution in [3.8, 4) is 0 Å². The number of primary amides is 1. The third-order valence-corrected chi connectivity index (χ3v) is 4.24. The number of furan rings is 1. The number of ether oxygens (including phenoxy) is 1. The normalized spacial score (nSPS) is 12.1. The molecule has 0 aliphatic rings. The van der Waals surface area contributed by atoms with Gasteiger partial charge in [0.25, 0.3) is 0 Å². The molecule has 130 valence electrons. The monoisotopic (exact) mass is 352 g/mol. The molecule has 0 aliphatic carbocycles. The van der Waals surface area contributed by atoms with Gasteiger partial charge in [0.15, 0.2) is 5.16 Å². The Hall–Kier alpha value is -2.29. The first kappa shape index (κ1) is 18.1. The Bertz CT molecular complexity index is 684. The quantitative estimate of drug-likeness (QED) is 0.536. The van der Waals surface area contributed by atoms with Gasteiger partial charge in [-0.05, 0) is 26.0 Å². The highest BCUT2D eigenvalue weighted by Crippen LogP contribution is 2.24. The van der Waals surface area contributed by atoms with E-state index in [9.17, 15) is 9.59 Å². The summed E-state index contributed by atoms with van der Waals surface area (Å²) >= 11 is 1.25. The summed E-state index contributed by atoms with van der Waals surface area (Å²) in [7, 11) is 0. The Balaban J connectivity index is 2.19. The molecule has 2 heterocycles. The van der Waals surface area contributed by atoms with Crippen molar-refractivity contribution in [2.24, 2.45) is 5.73 Å². The topological polar surface area (TPSA) is 113 Å². The fourth-order valence-corrected chi connectivity index (χ4v) is 2.87. The Kier molecular flexibility index (Phi) is 6.42. The van der Waals surface area contributed by atoms with E-state index in [-0.39, 0.29) is 12.4 Å². The van der Waals surface area contributed by atoms with E-state index in [1.807, 2.05) is 10.6 Å². The molecule has 0 saturated heterocycles. The predicted octanol–water partition coefficient (Wildman–Crippen LogP) is 1.38. The number of amides is 1. The van der Waals surface area contributed by atoms with E-state index in [0.29, 0.717) is 30.6 Å².